The monoisotopic (exact) mass is 243 g/mol. The topological polar surface area (TPSA) is 31.1 Å². The molecule has 1 fully saturated rings. The Morgan fingerprint density at radius 3 is 2.78 bits per heavy atom. The number of fused-ring (bicyclic) bond motifs is 1. The first-order valence-electron chi connectivity index (χ1n) is 6.78. The van der Waals surface area contributed by atoms with E-state index in [1.54, 1.807) is 0 Å². The summed E-state index contributed by atoms with van der Waals surface area (Å²) in [6.45, 7) is 8.96. The van der Waals surface area contributed by atoms with E-state index in [0.29, 0.717) is 6.04 Å². The lowest BCUT2D eigenvalue weighted by atomic mass is 10.0. The maximum Gasteiger partial charge on any atom is 0.0457 e. The Morgan fingerprint density at radius 2 is 2.00 bits per heavy atom. The van der Waals surface area contributed by atoms with Crippen molar-refractivity contribution in [2.24, 2.45) is 0 Å². The van der Waals surface area contributed by atoms with Gasteiger partial charge in [0.2, 0.25) is 0 Å². The summed E-state index contributed by atoms with van der Waals surface area (Å²) in [5.74, 6) is 0. The summed E-state index contributed by atoms with van der Waals surface area (Å²) in [5, 5.41) is 4.79. The summed E-state index contributed by atoms with van der Waals surface area (Å²) in [6, 6.07) is 7.12. The van der Waals surface area contributed by atoms with Crippen LogP contribution < -0.4 is 5.32 Å². The van der Waals surface area contributed by atoms with Gasteiger partial charge in [0.05, 0.1) is 0 Å². The Bertz CT molecular complexity index is 538. The van der Waals surface area contributed by atoms with Crippen molar-refractivity contribution in [2.45, 2.75) is 19.9 Å². The van der Waals surface area contributed by atoms with Crippen LogP contribution in [0.25, 0.3) is 10.9 Å². The normalized spacial score (nSPS) is 19.2. The number of piperazine rings is 1. The minimum absolute atomic E-state index is 0.489. The molecule has 96 valence electrons. The molecule has 1 saturated heterocycles. The van der Waals surface area contributed by atoms with E-state index in [9.17, 15) is 0 Å². The lowest BCUT2D eigenvalue weighted by molar-refractivity contribution is 0.186. The quantitative estimate of drug-likeness (QED) is 0.849. The molecular formula is C15H21N3. The zero-order valence-electron chi connectivity index (χ0n) is 11.2. The van der Waals surface area contributed by atoms with E-state index in [2.05, 4.69) is 53.4 Å². The highest BCUT2D eigenvalue weighted by Crippen LogP contribution is 2.28. The van der Waals surface area contributed by atoms with E-state index in [-0.39, 0.29) is 0 Å². The summed E-state index contributed by atoms with van der Waals surface area (Å²) in [5.41, 5.74) is 4.00. The molecule has 0 amide bonds. The average Bonchev–Trinajstić information content (AvgIpc) is 2.82. The van der Waals surface area contributed by atoms with Crippen molar-refractivity contribution in [2.75, 3.05) is 26.2 Å². The predicted octanol–water partition coefficient (Wildman–Crippen LogP) is 2.44. The molecule has 0 radical (unpaired) electrons. The number of nitrogens with one attached hydrogen (secondary N) is 2. The fourth-order valence-corrected chi connectivity index (χ4v) is 2.87. The number of aryl methyl sites for hydroxylation is 1. The van der Waals surface area contributed by atoms with Gasteiger partial charge < -0.3 is 10.3 Å². The van der Waals surface area contributed by atoms with E-state index in [4.69, 9.17) is 0 Å². The van der Waals surface area contributed by atoms with Gasteiger partial charge in [0.25, 0.3) is 0 Å². The van der Waals surface area contributed by atoms with E-state index in [0.717, 1.165) is 26.2 Å². The maximum absolute atomic E-state index is 3.41. The number of nitrogens with zero attached hydrogens (tertiary/aromatic N) is 1. The highest BCUT2D eigenvalue weighted by molar-refractivity contribution is 5.84. The molecule has 2 N–H and O–H groups in total. The van der Waals surface area contributed by atoms with Crippen LogP contribution in [0.2, 0.25) is 0 Å². The van der Waals surface area contributed by atoms with Gasteiger partial charge in [0.1, 0.15) is 0 Å². The maximum atomic E-state index is 3.41. The van der Waals surface area contributed by atoms with Crippen LogP contribution in [-0.2, 0) is 0 Å². The summed E-state index contributed by atoms with van der Waals surface area (Å²) in [7, 11) is 0. The molecule has 0 bridgehead atoms. The van der Waals surface area contributed by atoms with Crippen molar-refractivity contribution in [3.8, 4) is 0 Å². The van der Waals surface area contributed by atoms with E-state index >= 15 is 0 Å². The number of aromatic amines is 1. The van der Waals surface area contributed by atoms with Gasteiger partial charge >= 0.3 is 0 Å². The third-order valence-corrected chi connectivity index (χ3v) is 4.02. The summed E-state index contributed by atoms with van der Waals surface area (Å²) >= 11 is 0. The number of hydrogen-bond acceptors (Lipinski definition) is 2. The molecule has 1 aliphatic heterocycles. The zero-order valence-corrected chi connectivity index (χ0v) is 11.2. The van der Waals surface area contributed by atoms with Crippen LogP contribution >= 0.6 is 0 Å². The van der Waals surface area contributed by atoms with Crippen molar-refractivity contribution in [3.63, 3.8) is 0 Å². The van der Waals surface area contributed by atoms with Crippen molar-refractivity contribution in [1.82, 2.24) is 15.2 Å². The molecule has 1 atom stereocenters. The van der Waals surface area contributed by atoms with Crippen LogP contribution in [0.4, 0.5) is 0 Å². The number of aromatic nitrogens is 1. The fraction of sp³-hybridized carbons (Fsp3) is 0.467. The van der Waals surface area contributed by atoms with Crippen molar-refractivity contribution in [1.29, 1.82) is 0 Å². The summed E-state index contributed by atoms with van der Waals surface area (Å²) in [6.07, 6.45) is 2.18. The molecule has 0 aliphatic carbocycles. The minimum atomic E-state index is 0.489. The zero-order chi connectivity index (χ0) is 12.5. The van der Waals surface area contributed by atoms with Crippen molar-refractivity contribution >= 4 is 10.9 Å². The first-order valence-corrected chi connectivity index (χ1v) is 6.78. The highest BCUT2D eigenvalue weighted by atomic mass is 15.2. The molecule has 1 aromatic carbocycles. The smallest absolute Gasteiger partial charge is 0.0457 e. The standard InChI is InChI=1S/C15H21N3/c1-11-3-4-15-13(9-11)14(10-17-15)12(2)18-7-5-16-6-8-18/h3-4,9-10,12,16-17H,5-8H2,1-2H3. The Balaban J connectivity index is 1.95. The molecule has 3 rings (SSSR count). The third-order valence-electron chi connectivity index (χ3n) is 4.02. The van der Waals surface area contributed by atoms with Crippen LogP contribution in [0.1, 0.15) is 24.1 Å². The van der Waals surface area contributed by atoms with Gasteiger partial charge in [-0.1, -0.05) is 11.6 Å². The molecule has 1 unspecified atom stereocenters. The molecule has 0 saturated carbocycles. The Kier molecular flexibility index (Phi) is 3.10. The molecule has 1 aromatic heterocycles. The predicted molar refractivity (Wildman–Crippen MR) is 75.9 cm³/mol. The number of benzene rings is 1. The van der Waals surface area contributed by atoms with Crippen LogP contribution in [0.15, 0.2) is 24.4 Å². The molecule has 18 heavy (non-hydrogen) atoms. The number of rotatable bonds is 2. The van der Waals surface area contributed by atoms with Gasteiger partial charge in [-0.05, 0) is 31.5 Å². The molecule has 3 nitrogen and oxygen atoms in total. The summed E-state index contributed by atoms with van der Waals surface area (Å²) < 4.78 is 0. The highest BCUT2D eigenvalue weighted by Gasteiger charge is 2.20. The van der Waals surface area contributed by atoms with Gasteiger partial charge in [-0.2, -0.15) is 0 Å². The molecular weight excluding hydrogens is 222 g/mol. The van der Waals surface area contributed by atoms with Gasteiger partial charge in [0, 0.05) is 49.3 Å². The first kappa shape index (κ1) is 11.8. The minimum Gasteiger partial charge on any atom is -0.361 e. The Morgan fingerprint density at radius 1 is 1.22 bits per heavy atom. The molecule has 2 heterocycles. The lowest BCUT2D eigenvalue weighted by Crippen LogP contribution is -2.44. The van der Waals surface area contributed by atoms with Crippen LogP contribution in [0.3, 0.4) is 0 Å². The van der Waals surface area contributed by atoms with Crippen LogP contribution in [0, 0.1) is 6.92 Å². The molecule has 0 spiro atoms. The Hall–Kier alpha value is -1.32. The largest absolute Gasteiger partial charge is 0.361 e. The van der Waals surface area contributed by atoms with Gasteiger partial charge in [0.15, 0.2) is 0 Å². The van der Waals surface area contributed by atoms with Gasteiger partial charge in [-0.25, -0.2) is 0 Å². The average molecular weight is 243 g/mol. The summed E-state index contributed by atoms with van der Waals surface area (Å²) in [4.78, 5) is 5.95. The first-order chi connectivity index (χ1) is 8.75. The second kappa shape index (κ2) is 4.75. The second-order valence-electron chi connectivity index (χ2n) is 5.25. The van der Waals surface area contributed by atoms with Crippen molar-refractivity contribution in [3.05, 3.63) is 35.5 Å². The van der Waals surface area contributed by atoms with E-state index in [1.165, 1.54) is 22.0 Å². The van der Waals surface area contributed by atoms with Crippen LogP contribution in [-0.4, -0.2) is 36.1 Å². The van der Waals surface area contributed by atoms with E-state index in [1.807, 2.05) is 0 Å². The SMILES string of the molecule is Cc1ccc2[nH]cc(C(C)N3CCNCC3)c2c1. The number of H-pyrrole nitrogens is 1. The lowest BCUT2D eigenvalue weighted by Gasteiger charge is -2.32. The van der Waals surface area contributed by atoms with Crippen molar-refractivity contribution < 1.29 is 0 Å². The molecule has 2 aromatic rings. The third kappa shape index (κ3) is 2.04. The van der Waals surface area contributed by atoms with Gasteiger partial charge in [-0.15, -0.1) is 0 Å². The second-order valence-corrected chi connectivity index (χ2v) is 5.25. The number of hydrogen-bond donors (Lipinski definition) is 2. The van der Waals surface area contributed by atoms with E-state index < -0.39 is 0 Å². The van der Waals surface area contributed by atoms with Gasteiger partial charge in [-0.3, -0.25) is 4.90 Å². The van der Waals surface area contributed by atoms with Crippen LogP contribution in [0.5, 0.6) is 0 Å². The fourth-order valence-electron chi connectivity index (χ4n) is 2.87. The molecule has 1 aliphatic rings. The Labute approximate surface area is 108 Å². The molecule has 3 heteroatoms.